The first-order chi connectivity index (χ1) is 13.5. The maximum atomic E-state index is 12.3. The zero-order chi connectivity index (χ0) is 20.1. The van der Waals surface area contributed by atoms with Gasteiger partial charge >= 0.3 is 0 Å². The number of benzene rings is 1. The molecule has 0 aliphatic rings. The summed E-state index contributed by atoms with van der Waals surface area (Å²) in [5.74, 6) is 1.96. The van der Waals surface area contributed by atoms with Gasteiger partial charge in [-0.1, -0.05) is 23.1 Å². The van der Waals surface area contributed by atoms with Crippen LogP contribution in [0.4, 0.5) is 5.13 Å². The van der Waals surface area contributed by atoms with Crippen molar-refractivity contribution >= 4 is 34.1 Å². The van der Waals surface area contributed by atoms with Crippen molar-refractivity contribution < 1.29 is 14.3 Å². The molecular formula is C17H20N6O3S2. The molecule has 3 aromatic rings. The van der Waals surface area contributed by atoms with Gasteiger partial charge < -0.3 is 14.0 Å². The zero-order valence-corrected chi connectivity index (χ0v) is 17.5. The molecule has 9 nitrogen and oxygen atoms in total. The third-order valence-corrected chi connectivity index (χ3v) is 5.65. The van der Waals surface area contributed by atoms with E-state index in [4.69, 9.17) is 9.47 Å². The van der Waals surface area contributed by atoms with Gasteiger partial charge in [-0.3, -0.25) is 10.1 Å². The Kier molecular flexibility index (Phi) is 6.47. The van der Waals surface area contributed by atoms with Crippen LogP contribution >= 0.6 is 23.1 Å². The first kappa shape index (κ1) is 20.1. The zero-order valence-electron chi connectivity index (χ0n) is 15.9. The van der Waals surface area contributed by atoms with Crippen LogP contribution in [0.15, 0.2) is 29.4 Å². The summed E-state index contributed by atoms with van der Waals surface area (Å²) in [5, 5.41) is 20.4. The lowest BCUT2D eigenvalue weighted by molar-refractivity contribution is -0.115. The number of hydrogen-bond donors (Lipinski definition) is 1. The summed E-state index contributed by atoms with van der Waals surface area (Å²) >= 11 is 2.65. The number of methoxy groups -OCH3 is 1. The van der Waals surface area contributed by atoms with E-state index in [0.717, 1.165) is 10.8 Å². The van der Waals surface area contributed by atoms with Crippen molar-refractivity contribution in [2.24, 2.45) is 7.05 Å². The minimum absolute atomic E-state index is 0.166. The molecule has 3 rings (SSSR count). The molecule has 0 fully saturated rings. The molecule has 148 valence electrons. The van der Waals surface area contributed by atoms with E-state index >= 15 is 0 Å². The molecule has 0 radical (unpaired) electrons. The molecule has 1 amide bonds. The summed E-state index contributed by atoms with van der Waals surface area (Å²) < 4.78 is 12.7. The summed E-state index contributed by atoms with van der Waals surface area (Å²) in [4.78, 5) is 12.3. The predicted molar refractivity (Wildman–Crippen MR) is 107 cm³/mol. The lowest BCUT2D eigenvalue weighted by Gasteiger charge is -2.10. The lowest BCUT2D eigenvalue weighted by atomic mass is 10.3. The largest absolute Gasteiger partial charge is 0.497 e. The van der Waals surface area contributed by atoms with Crippen LogP contribution in [0, 0.1) is 6.92 Å². The third-order valence-electron chi connectivity index (χ3n) is 3.76. The summed E-state index contributed by atoms with van der Waals surface area (Å²) in [6, 6.07) is 7.30. The average Bonchev–Trinajstić information content (AvgIpc) is 3.26. The Balaban J connectivity index is 1.56. The normalized spacial score (nSPS) is 11.9. The summed E-state index contributed by atoms with van der Waals surface area (Å²) in [5.41, 5.74) is 0. The second-order valence-corrected chi connectivity index (χ2v) is 8.29. The quantitative estimate of drug-likeness (QED) is 0.555. The SMILES string of the molecule is COc1ccc(OCc2nnc(S[C@H](C)C(=O)Nc3nnc(C)s3)n2C)cc1. The second kappa shape index (κ2) is 9.02. The van der Waals surface area contributed by atoms with Crippen LogP contribution in [0.5, 0.6) is 11.5 Å². The number of carbonyl (C=O) groups excluding carboxylic acids is 1. The molecule has 0 saturated heterocycles. The van der Waals surface area contributed by atoms with Crippen LogP contribution in [-0.4, -0.2) is 43.2 Å². The van der Waals surface area contributed by atoms with Crippen molar-refractivity contribution in [3.8, 4) is 11.5 Å². The molecule has 2 aromatic heterocycles. The number of aryl methyl sites for hydroxylation is 1. The maximum Gasteiger partial charge on any atom is 0.239 e. The van der Waals surface area contributed by atoms with Gasteiger partial charge in [0.25, 0.3) is 0 Å². The van der Waals surface area contributed by atoms with Crippen LogP contribution in [0.25, 0.3) is 0 Å². The summed E-state index contributed by atoms with van der Waals surface area (Å²) in [6.07, 6.45) is 0. The van der Waals surface area contributed by atoms with Crippen LogP contribution in [0.2, 0.25) is 0 Å². The molecule has 0 unspecified atom stereocenters. The molecule has 1 aromatic carbocycles. The van der Waals surface area contributed by atoms with Gasteiger partial charge in [-0.25, -0.2) is 0 Å². The third kappa shape index (κ3) is 4.98. The van der Waals surface area contributed by atoms with E-state index in [0.29, 0.717) is 21.9 Å². The van der Waals surface area contributed by atoms with Gasteiger partial charge in [0.2, 0.25) is 11.0 Å². The number of thioether (sulfide) groups is 1. The number of nitrogens with zero attached hydrogens (tertiary/aromatic N) is 5. The molecule has 28 heavy (non-hydrogen) atoms. The number of hydrogen-bond acceptors (Lipinski definition) is 9. The first-order valence-corrected chi connectivity index (χ1v) is 10.1. The molecule has 0 aliphatic heterocycles. The Labute approximate surface area is 170 Å². The lowest BCUT2D eigenvalue weighted by Crippen LogP contribution is -2.22. The van der Waals surface area contributed by atoms with Gasteiger partial charge in [0, 0.05) is 7.05 Å². The van der Waals surface area contributed by atoms with Gasteiger partial charge in [0.15, 0.2) is 11.0 Å². The monoisotopic (exact) mass is 420 g/mol. The standard InChI is InChI=1S/C17H20N6O3S2/c1-10(15(24)18-16-21-19-11(2)28-16)27-17-22-20-14(23(17)3)9-26-13-7-5-12(25-4)6-8-13/h5-8,10H,9H2,1-4H3,(H,18,21,24)/t10-/m1/s1. The minimum atomic E-state index is -0.373. The highest BCUT2D eigenvalue weighted by Gasteiger charge is 2.20. The Morgan fingerprint density at radius 2 is 1.93 bits per heavy atom. The highest BCUT2D eigenvalue weighted by Crippen LogP contribution is 2.24. The Bertz CT molecular complexity index is 941. The van der Waals surface area contributed by atoms with Crippen molar-refractivity contribution in [2.75, 3.05) is 12.4 Å². The highest BCUT2D eigenvalue weighted by atomic mass is 32.2. The maximum absolute atomic E-state index is 12.3. The van der Waals surface area contributed by atoms with E-state index in [1.165, 1.54) is 23.1 Å². The van der Waals surface area contributed by atoms with E-state index in [1.807, 2.05) is 42.8 Å². The van der Waals surface area contributed by atoms with Crippen LogP contribution in [0.1, 0.15) is 17.8 Å². The molecule has 0 bridgehead atoms. The topological polar surface area (TPSA) is 104 Å². The fraction of sp³-hybridized carbons (Fsp3) is 0.353. The number of nitrogens with one attached hydrogen (secondary N) is 1. The van der Waals surface area contributed by atoms with Crippen LogP contribution in [-0.2, 0) is 18.4 Å². The van der Waals surface area contributed by atoms with Crippen molar-refractivity contribution in [3.05, 3.63) is 35.1 Å². The number of rotatable bonds is 8. The van der Waals surface area contributed by atoms with Crippen molar-refractivity contribution in [1.82, 2.24) is 25.0 Å². The van der Waals surface area contributed by atoms with E-state index < -0.39 is 0 Å². The average molecular weight is 421 g/mol. The van der Waals surface area contributed by atoms with Gasteiger partial charge in [-0.15, -0.1) is 20.4 Å². The number of ether oxygens (including phenoxy) is 2. The summed E-state index contributed by atoms with van der Waals surface area (Å²) in [6.45, 7) is 3.90. The van der Waals surface area contributed by atoms with E-state index in [-0.39, 0.29) is 17.8 Å². The first-order valence-electron chi connectivity index (χ1n) is 8.39. The molecule has 0 spiro atoms. The fourth-order valence-corrected chi connectivity index (χ4v) is 3.59. The van der Waals surface area contributed by atoms with Gasteiger partial charge in [0.1, 0.15) is 23.1 Å². The highest BCUT2D eigenvalue weighted by molar-refractivity contribution is 8.00. The molecule has 2 heterocycles. The van der Waals surface area contributed by atoms with Crippen LogP contribution < -0.4 is 14.8 Å². The minimum Gasteiger partial charge on any atom is -0.497 e. The van der Waals surface area contributed by atoms with Gasteiger partial charge in [-0.2, -0.15) is 0 Å². The molecule has 1 atom stereocenters. The Hall–Kier alpha value is -2.66. The predicted octanol–water partition coefficient (Wildman–Crippen LogP) is 2.68. The smallest absolute Gasteiger partial charge is 0.239 e. The van der Waals surface area contributed by atoms with E-state index in [2.05, 4.69) is 25.7 Å². The van der Waals surface area contributed by atoms with E-state index in [1.54, 1.807) is 14.0 Å². The molecule has 0 aliphatic carbocycles. The molecule has 1 N–H and O–H groups in total. The number of amides is 1. The van der Waals surface area contributed by atoms with Crippen molar-refractivity contribution in [1.29, 1.82) is 0 Å². The second-order valence-electron chi connectivity index (χ2n) is 5.80. The van der Waals surface area contributed by atoms with Gasteiger partial charge in [0.05, 0.1) is 12.4 Å². The Morgan fingerprint density at radius 1 is 1.21 bits per heavy atom. The summed E-state index contributed by atoms with van der Waals surface area (Å²) in [7, 11) is 3.46. The fourth-order valence-electron chi connectivity index (χ4n) is 2.16. The number of aromatic nitrogens is 5. The number of carbonyl (C=O) groups is 1. The molecular weight excluding hydrogens is 400 g/mol. The number of anilines is 1. The van der Waals surface area contributed by atoms with Crippen LogP contribution in [0.3, 0.4) is 0 Å². The Morgan fingerprint density at radius 3 is 2.57 bits per heavy atom. The van der Waals surface area contributed by atoms with E-state index in [9.17, 15) is 4.79 Å². The van der Waals surface area contributed by atoms with Crippen molar-refractivity contribution in [3.63, 3.8) is 0 Å². The molecule has 0 saturated carbocycles. The van der Waals surface area contributed by atoms with Crippen molar-refractivity contribution in [2.45, 2.75) is 30.9 Å². The van der Waals surface area contributed by atoms with Gasteiger partial charge in [-0.05, 0) is 38.1 Å². The molecule has 11 heteroatoms.